The summed E-state index contributed by atoms with van der Waals surface area (Å²) in [4.78, 5) is 10.0. The molecule has 5 heteroatoms. The summed E-state index contributed by atoms with van der Waals surface area (Å²) < 4.78 is 0. The zero-order chi connectivity index (χ0) is 9.84. The summed E-state index contributed by atoms with van der Waals surface area (Å²) in [5.41, 5.74) is 1.08. The maximum Gasteiger partial charge on any atom is 0.292 e. The Balaban J connectivity index is 3.15. The van der Waals surface area contributed by atoms with Crippen molar-refractivity contribution >= 4 is 11.4 Å². The Hall–Kier alpha value is -1.62. The summed E-state index contributed by atoms with van der Waals surface area (Å²) in [5, 5.41) is 22.0. The summed E-state index contributed by atoms with van der Waals surface area (Å²) in [7, 11) is 1.60. The van der Waals surface area contributed by atoms with Crippen LogP contribution in [0.2, 0.25) is 0 Å². The molecule has 70 valence electrons. The number of hydrogen-bond acceptors (Lipinski definition) is 4. The van der Waals surface area contributed by atoms with Gasteiger partial charge >= 0.3 is 0 Å². The molecular formula is C8H10N2O3. The highest BCUT2D eigenvalue weighted by Gasteiger charge is 2.11. The van der Waals surface area contributed by atoms with Gasteiger partial charge in [0, 0.05) is 13.1 Å². The van der Waals surface area contributed by atoms with Crippen molar-refractivity contribution < 1.29 is 10.0 Å². The molecule has 13 heavy (non-hydrogen) atoms. The van der Waals surface area contributed by atoms with Gasteiger partial charge in [0.05, 0.1) is 11.5 Å². The highest BCUT2D eigenvalue weighted by atomic mass is 16.6. The molecule has 0 unspecified atom stereocenters. The fraction of sp³-hybridized carbons (Fsp3) is 0.250. The van der Waals surface area contributed by atoms with Gasteiger partial charge < -0.3 is 10.4 Å². The minimum absolute atomic E-state index is 0.0136. The van der Waals surface area contributed by atoms with Gasteiger partial charge in [-0.3, -0.25) is 10.1 Å². The Kier molecular flexibility index (Phi) is 2.81. The summed E-state index contributed by atoms with van der Waals surface area (Å²) >= 11 is 0. The van der Waals surface area contributed by atoms with Crippen molar-refractivity contribution in [1.29, 1.82) is 0 Å². The summed E-state index contributed by atoms with van der Waals surface area (Å²) in [5.74, 6) is 0. The number of aliphatic hydroxyl groups excluding tert-OH is 1. The molecule has 2 N–H and O–H groups in total. The first-order valence-electron chi connectivity index (χ1n) is 3.75. The van der Waals surface area contributed by atoms with Crippen LogP contribution in [-0.2, 0) is 6.61 Å². The second-order valence-electron chi connectivity index (χ2n) is 2.52. The van der Waals surface area contributed by atoms with Crippen LogP contribution in [0, 0.1) is 10.1 Å². The lowest BCUT2D eigenvalue weighted by molar-refractivity contribution is -0.384. The third kappa shape index (κ3) is 1.94. The monoisotopic (exact) mass is 182 g/mol. The van der Waals surface area contributed by atoms with Crippen LogP contribution in [0.1, 0.15) is 5.56 Å². The molecule has 0 amide bonds. The second-order valence-corrected chi connectivity index (χ2v) is 2.52. The van der Waals surface area contributed by atoms with Crippen molar-refractivity contribution in [1.82, 2.24) is 0 Å². The van der Waals surface area contributed by atoms with Gasteiger partial charge in [-0.2, -0.15) is 0 Å². The van der Waals surface area contributed by atoms with Gasteiger partial charge in [-0.25, -0.2) is 0 Å². The molecule has 0 fully saturated rings. The highest BCUT2D eigenvalue weighted by Crippen LogP contribution is 2.24. The van der Waals surface area contributed by atoms with Gasteiger partial charge in [0.1, 0.15) is 5.69 Å². The molecule has 0 bridgehead atoms. The SMILES string of the molecule is CNc1cc(CO)ccc1[N+](=O)[O-]. The van der Waals surface area contributed by atoms with E-state index in [0.29, 0.717) is 11.3 Å². The average molecular weight is 182 g/mol. The largest absolute Gasteiger partial charge is 0.392 e. The number of benzene rings is 1. The second kappa shape index (κ2) is 3.86. The van der Waals surface area contributed by atoms with Crippen LogP contribution in [0.3, 0.4) is 0 Å². The first-order chi connectivity index (χ1) is 6.19. The number of nitrogens with zero attached hydrogens (tertiary/aromatic N) is 1. The van der Waals surface area contributed by atoms with Crippen LogP contribution in [0.15, 0.2) is 18.2 Å². The highest BCUT2D eigenvalue weighted by molar-refractivity contribution is 5.62. The van der Waals surface area contributed by atoms with E-state index in [1.165, 1.54) is 12.1 Å². The summed E-state index contributed by atoms with van der Waals surface area (Å²) in [6.07, 6.45) is 0. The topological polar surface area (TPSA) is 75.4 Å². The molecule has 1 aromatic rings. The first-order valence-corrected chi connectivity index (χ1v) is 3.75. The van der Waals surface area contributed by atoms with E-state index in [9.17, 15) is 10.1 Å². The number of hydrogen-bond donors (Lipinski definition) is 2. The zero-order valence-corrected chi connectivity index (χ0v) is 7.15. The number of nitro groups is 1. The molecule has 0 spiro atoms. The molecule has 5 nitrogen and oxygen atoms in total. The molecule has 0 aromatic heterocycles. The predicted molar refractivity (Wildman–Crippen MR) is 48.6 cm³/mol. The molecule has 0 aliphatic carbocycles. The normalized spacial score (nSPS) is 9.69. The number of nitro benzene ring substituents is 1. The Labute approximate surface area is 75.2 Å². The maximum atomic E-state index is 10.5. The third-order valence-electron chi connectivity index (χ3n) is 1.71. The molecule has 1 aromatic carbocycles. The molecular weight excluding hydrogens is 172 g/mol. The molecule has 0 heterocycles. The smallest absolute Gasteiger partial charge is 0.292 e. The van der Waals surface area contributed by atoms with E-state index in [1.807, 2.05) is 0 Å². The van der Waals surface area contributed by atoms with E-state index in [-0.39, 0.29) is 12.3 Å². The number of aliphatic hydroxyl groups is 1. The van der Waals surface area contributed by atoms with Crippen molar-refractivity contribution in [3.63, 3.8) is 0 Å². The molecule has 0 saturated heterocycles. The lowest BCUT2D eigenvalue weighted by Crippen LogP contribution is -1.97. The molecule has 0 saturated carbocycles. The van der Waals surface area contributed by atoms with Gasteiger partial charge in [0.25, 0.3) is 5.69 Å². The molecule has 0 aliphatic rings. The number of anilines is 1. The first kappa shape index (κ1) is 9.47. The van der Waals surface area contributed by atoms with Gasteiger partial charge in [-0.05, 0) is 17.7 Å². The Morgan fingerprint density at radius 1 is 1.62 bits per heavy atom. The van der Waals surface area contributed by atoms with Crippen molar-refractivity contribution in [2.45, 2.75) is 6.61 Å². The Morgan fingerprint density at radius 3 is 2.77 bits per heavy atom. The van der Waals surface area contributed by atoms with Crippen molar-refractivity contribution in [3.05, 3.63) is 33.9 Å². The minimum Gasteiger partial charge on any atom is -0.392 e. The summed E-state index contributed by atoms with van der Waals surface area (Å²) in [6.45, 7) is -0.118. The van der Waals surface area contributed by atoms with Crippen molar-refractivity contribution in [3.8, 4) is 0 Å². The van der Waals surface area contributed by atoms with Crippen LogP contribution in [0.25, 0.3) is 0 Å². The third-order valence-corrected chi connectivity index (χ3v) is 1.71. The van der Waals surface area contributed by atoms with Crippen molar-refractivity contribution in [2.24, 2.45) is 0 Å². The van der Waals surface area contributed by atoms with E-state index in [0.717, 1.165) is 0 Å². The predicted octanol–water partition coefficient (Wildman–Crippen LogP) is 1.13. The molecule has 1 rings (SSSR count). The van der Waals surface area contributed by atoms with Crippen molar-refractivity contribution in [2.75, 3.05) is 12.4 Å². The zero-order valence-electron chi connectivity index (χ0n) is 7.15. The average Bonchev–Trinajstić information content (AvgIpc) is 2.16. The van der Waals surface area contributed by atoms with Crippen LogP contribution < -0.4 is 5.32 Å². The van der Waals surface area contributed by atoms with E-state index < -0.39 is 4.92 Å². The van der Waals surface area contributed by atoms with Gasteiger partial charge in [0.2, 0.25) is 0 Å². The van der Waals surface area contributed by atoms with Gasteiger partial charge in [-0.1, -0.05) is 0 Å². The van der Waals surface area contributed by atoms with Crippen LogP contribution in [0.5, 0.6) is 0 Å². The van der Waals surface area contributed by atoms with Crippen LogP contribution >= 0.6 is 0 Å². The van der Waals surface area contributed by atoms with Crippen LogP contribution in [-0.4, -0.2) is 17.1 Å². The Morgan fingerprint density at radius 2 is 2.31 bits per heavy atom. The number of rotatable bonds is 3. The van der Waals surface area contributed by atoms with E-state index in [1.54, 1.807) is 13.1 Å². The summed E-state index contributed by atoms with van der Waals surface area (Å²) in [6, 6.07) is 4.45. The quantitative estimate of drug-likeness (QED) is 0.542. The Bertz CT molecular complexity index is 325. The minimum atomic E-state index is -0.465. The standard InChI is InChI=1S/C8H10N2O3/c1-9-7-4-6(5-11)2-3-8(7)10(12)13/h2-4,9,11H,5H2,1H3. The van der Waals surface area contributed by atoms with E-state index in [4.69, 9.17) is 5.11 Å². The maximum absolute atomic E-state index is 10.5. The van der Waals surface area contributed by atoms with Crippen LogP contribution in [0.4, 0.5) is 11.4 Å². The van der Waals surface area contributed by atoms with E-state index in [2.05, 4.69) is 5.32 Å². The fourth-order valence-corrected chi connectivity index (χ4v) is 1.04. The van der Waals surface area contributed by atoms with Gasteiger partial charge in [0.15, 0.2) is 0 Å². The molecule has 0 aliphatic heterocycles. The van der Waals surface area contributed by atoms with E-state index >= 15 is 0 Å². The molecule has 0 radical (unpaired) electrons. The van der Waals surface area contributed by atoms with Gasteiger partial charge in [-0.15, -0.1) is 0 Å². The number of nitrogens with one attached hydrogen (secondary N) is 1. The lowest BCUT2D eigenvalue weighted by atomic mass is 10.2. The molecule has 0 atom stereocenters. The fourth-order valence-electron chi connectivity index (χ4n) is 1.04. The lowest BCUT2D eigenvalue weighted by Gasteiger charge is -2.03.